The Hall–Kier alpha value is -2.45. The van der Waals surface area contributed by atoms with Crippen molar-refractivity contribution in [2.75, 3.05) is 4.72 Å². The number of sulfonamides is 1. The third kappa shape index (κ3) is 4.19. The lowest BCUT2D eigenvalue weighted by molar-refractivity contribution is -0.140. The van der Waals surface area contributed by atoms with Crippen molar-refractivity contribution < 1.29 is 22.4 Å². The van der Waals surface area contributed by atoms with Crippen LogP contribution in [0.25, 0.3) is 0 Å². The number of imide groups is 1. The van der Waals surface area contributed by atoms with Crippen LogP contribution in [0.5, 0.6) is 0 Å². The zero-order valence-electron chi connectivity index (χ0n) is 16.9. The Morgan fingerprint density at radius 3 is 2.32 bits per heavy atom. The van der Waals surface area contributed by atoms with Crippen LogP contribution in [0.3, 0.4) is 0 Å². The number of amides is 2. The Morgan fingerprint density at radius 2 is 1.71 bits per heavy atom. The van der Waals surface area contributed by atoms with E-state index in [1.165, 1.54) is 23.1 Å². The highest BCUT2D eigenvalue weighted by atomic mass is 35.5. The molecule has 1 aliphatic heterocycles. The van der Waals surface area contributed by atoms with Crippen molar-refractivity contribution in [3.8, 4) is 0 Å². The number of benzene rings is 2. The first-order valence-electron chi connectivity index (χ1n) is 10.1. The molecule has 2 aliphatic rings. The van der Waals surface area contributed by atoms with Crippen molar-refractivity contribution in [1.29, 1.82) is 0 Å². The molecular weight excluding hydrogens is 443 g/mol. The van der Waals surface area contributed by atoms with E-state index in [4.69, 9.17) is 11.6 Å². The zero-order valence-corrected chi connectivity index (χ0v) is 18.5. The predicted octanol–water partition coefficient (Wildman–Crippen LogP) is 4.26. The molecule has 1 N–H and O–H groups in total. The Morgan fingerprint density at radius 1 is 1.06 bits per heavy atom. The minimum Gasteiger partial charge on any atom is -0.278 e. The maximum Gasteiger partial charge on any atom is 0.262 e. The molecule has 2 aromatic carbocycles. The third-order valence-corrected chi connectivity index (χ3v) is 7.73. The number of carbonyl (C=O) groups is 2. The second-order valence-corrected chi connectivity index (χ2v) is 10.2. The van der Waals surface area contributed by atoms with Gasteiger partial charge >= 0.3 is 0 Å². The van der Waals surface area contributed by atoms with E-state index in [2.05, 4.69) is 4.72 Å². The first-order chi connectivity index (χ1) is 14.7. The molecule has 2 fully saturated rings. The highest BCUT2D eigenvalue weighted by molar-refractivity contribution is 7.92. The van der Waals surface area contributed by atoms with Gasteiger partial charge in [-0.1, -0.05) is 36.6 Å². The summed E-state index contributed by atoms with van der Waals surface area (Å²) in [6, 6.07) is 8.38. The molecule has 6 nitrogen and oxygen atoms in total. The molecule has 0 spiro atoms. The number of anilines is 1. The average Bonchev–Trinajstić information content (AvgIpc) is 2.96. The van der Waals surface area contributed by atoms with Crippen molar-refractivity contribution in [3.63, 3.8) is 0 Å². The van der Waals surface area contributed by atoms with Crippen molar-refractivity contribution in [2.45, 2.75) is 44.0 Å². The number of fused-ring (bicyclic) bond motifs is 1. The van der Waals surface area contributed by atoms with Gasteiger partial charge in [0.2, 0.25) is 11.8 Å². The molecule has 1 aliphatic carbocycles. The summed E-state index contributed by atoms with van der Waals surface area (Å²) in [6.07, 6.45) is 3.31. The molecule has 4 rings (SSSR count). The summed E-state index contributed by atoms with van der Waals surface area (Å²) in [5.74, 6) is -1.67. The first kappa shape index (κ1) is 21.8. The lowest BCUT2D eigenvalue weighted by atomic mass is 9.81. The van der Waals surface area contributed by atoms with Gasteiger partial charge in [-0.25, -0.2) is 12.8 Å². The molecular formula is C22H22ClFN2O4S. The Bertz CT molecular complexity index is 1140. The second-order valence-electron chi connectivity index (χ2n) is 8.09. The molecule has 31 heavy (non-hydrogen) atoms. The normalized spacial score (nSPS) is 21.3. The Balaban J connectivity index is 1.60. The van der Waals surface area contributed by atoms with Crippen LogP contribution in [0, 0.1) is 24.6 Å². The molecule has 1 saturated carbocycles. The number of aryl methyl sites for hydroxylation is 1. The minimum atomic E-state index is -4.10. The van der Waals surface area contributed by atoms with E-state index in [9.17, 15) is 22.4 Å². The quantitative estimate of drug-likeness (QED) is 0.670. The largest absolute Gasteiger partial charge is 0.278 e. The number of likely N-dealkylation sites (tertiary alicyclic amines) is 1. The van der Waals surface area contributed by atoms with Crippen LogP contribution in [0.4, 0.5) is 10.1 Å². The molecule has 0 bridgehead atoms. The van der Waals surface area contributed by atoms with E-state index in [1.54, 1.807) is 19.1 Å². The number of halogens is 2. The van der Waals surface area contributed by atoms with Crippen LogP contribution in [0.2, 0.25) is 5.02 Å². The smallest absolute Gasteiger partial charge is 0.262 e. The van der Waals surface area contributed by atoms with E-state index in [1.807, 2.05) is 0 Å². The monoisotopic (exact) mass is 464 g/mol. The van der Waals surface area contributed by atoms with E-state index in [0.717, 1.165) is 31.7 Å². The molecule has 1 saturated heterocycles. The molecule has 0 radical (unpaired) electrons. The van der Waals surface area contributed by atoms with Crippen molar-refractivity contribution in [2.24, 2.45) is 11.8 Å². The molecule has 2 unspecified atom stereocenters. The summed E-state index contributed by atoms with van der Waals surface area (Å²) in [7, 11) is -4.10. The molecule has 0 aromatic heterocycles. The highest BCUT2D eigenvalue weighted by Gasteiger charge is 2.47. The molecule has 164 valence electrons. The van der Waals surface area contributed by atoms with Gasteiger partial charge in [-0.3, -0.25) is 19.2 Å². The van der Waals surface area contributed by atoms with Crippen LogP contribution < -0.4 is 4.72 Å². The summed E-state index contributed by atoms with van der Waals surface area (Å²) in [5.41, 5.74) is 0.754. The van der Waals surface area contributed by atoms with Crippen LogP contribution in [-0.2, 0) is 26.2 Å². The summed E-state index contributed by atoms with van der Waals surface area (Å²) in [5, 5.41) is 0.152. The van der Waals surface area contributed by atoms with Gasteiger partial charge in [0.1, 0.15) is 5.82 Å². The van der Waals surface area contributed by atoms with E-state index < -0.39 is 15.8 Å². The molecule has 2 aromatic rings. The summed E-state index contributed by atoms with van der Waals surface area (Å²) >= 11 is 5.72. The minimum absolute atomic E-state index is 0.0166. The van der Waals surface area contributed by atoms with Crippen molar-refractivity contribution in [3.05, 3.63) is 58.4 Å². The van der Waals surface area contributed by atoms with Crippen molar-refractivity contribution >= 4 is 39.1 Å². The summed E-state index contributed by atoms with van der Waals surface area (Å²) in [6.45, 7) is 1.64. The number of nitrogens with one attached hydrogen (secondary N) is 1. The fourth-order valence-corrected chi connectivity index (χ4v) is 5.90. The summed E-state index contributed by atoms with van der Waals surface area (Å²) in [4.78, 5) is 26.7. The van der Waals surface area contributed by atoms with Crippen LogP contribution in [-0.4, -0.2) is 25.1 Å². The lowest BCUT2D eigenvalue weighted by Gasteiger charge is -2.19. The molecule has 2 atom stereocenters. The molecule has 1 heterocycles. The predicted molar refractivity (Wildman–Crippen MR) is 114 cm³/mol. The number of hydrogen-bond acceptors (Lipinski definition) is 4. The van der Waals surface area contributed by atoms with Crippen molar-refractivity contribution in [1.82, 2.24) is 4.90 Å². The standard InChI is InChI=1S/C22H22ClFN2O4S/c1-13-6-7-14(12-26-21(27)16-4-2-3-5-17(16)22(26)28)10-20(13)31(29,30)25-19-9-8-15(23)11-18(19)24/h6-11,16-17,25H,2-5,12H2,1H3. The van der Waals surface area contributed by atoms with Crippen LogP contribution in [0.15, 0.2) is 41.3 Å². The molecule has 2 amide bonds. The van der Waals surface area contributed by atoms with E-state index in [0.29, 0.717) is 11.1 Å². The number of nitrogens with zero attached hydrogens (tertiary/aromatic N) is 1. The van der Waals surface area contributed by atoms with Crippen LogP contribution in [0.1, 0.15) is 36.8 Å². The Labute approximate surface area is 185 Å². The first-order valence-corrected chi connectivity index (χ1v) is 12.0. The topological polar surface area (TPSA) is 83.6 Å². The van der Waals surface area contributed by atoms with Gasteiger partial charge < -0.3 is 0 Å². The zero-order chi connectivity index (χ0) is 22.3. The van der Waals surface area contributed by atoms with Gasteiger partial charge in [-0.15, -0.1) is 0 Å². The average molecular weight is 465 g/mol. The third-order valence-electron chi connectivity index (χ3n) is 5.99. The second kappa shape index (κ2) is 8.24. The van der Waals surface area contributed by atoms with E-state index in [-0.39, 0.29) is 45.8 Å². The number of carbonyl (C=O) groups excluding carboxylic acids is 2. The SMILES string of the molecule is Cc1ccc(CN2C(=O)C3CCCCC3C2=O)cc1S(=O)(=O)Nc1ccc(Cl)cc1F. The van der Waals surface area contributed by atoms with Gasteiger partial charge in [0.15, 0.2) is 0 Å². The van der Waals surface area contributed by atoms with Gasteiger partial charge in [0.05, 0.1) is 29.0 Å². The van der Waals surface area contributed by atoms with Gasteiger partial charge in [-0.2, -0.15) is 0 Å². The number of rotatable bonds is 5. The van der Waals surface area contributed by atoms with Gasteiger partial charge in [0, 0.05) is 5.02 Å². The van der Waals surface area contributed by atoms with Gasteiger partial charge in [0.25, 0.3) is 10.0 Å². The lowest BCUT2D eigenvalue weighted by Crippen LogP contribution is -2.30. The maximum atomic E-state index is 14.1. The maximum absolute atomic E-state index is 14.1. The Kier molecular flexibility index (Phi) is 5.79. The summed E-state index contributed by atoms with van der Waals surface area (Å²) < 4.78 is 42.2. The van der Waals surface area contributed by atoms with Crippen LogP contribution >= 0.6 is 11.6 Å². The van der Waals surface area contributed by atoms with Gasteiger partial charge in [-0.05, 0) is 55.2 Å². The fourth-order valence-electron chi connectivity index (χ4n) is 4.37. The highest BCUT2D eigenvalue weighted by Crippen LogP contribution is 2.38. The number of hydrogen-bond donors (Lipinski definition) is 1. The molecule has 9 heteroatoms. The van der Waals surface area contributed by atoms with E-state index >= 15 is 0 Å². The fraction of sp³-hybridized carbons (Fsp3) is 0.364.